The molecule has 2 aliphatic heterocycles. The highest BCUT2D eigenvalue weighted by Crippen LogP contribution is 2.40. The van der Waals surface area contributed by atoms with Crippen LogP contribution in [0.1, 0.15) is 11.1 Å². The molecule has 0 radical (unpaired) electrons. The van der Waals surface area contributed by atoms with Gasteiger partial charge in [0.15, 0.2) is 16.7 Å². The summed E-state index contributed by atoms with van der Waals surface area (Å²) in [6.45, 7) is 0.156. The molecule has 9 heteroatoms. The van der Waals surface area contributed by atoms with Crippen LogP contribution in [-0.4, -0.2) is 42.6 Å². The Hall–Kier alpha value is -2.22. The molecule has 4 rings (SSSR count). The lowest BCUT2D eigenvalue weighted by Gasteiger charge is -2.27. The quantitative estimate of drug-likeness (QED) is 0.705. The van der Waals surface area contributed by atoms with E-state index in [1.54, 1.807) is 38.5 Å². The minimum atomic E-state index is -0.213. The van der Waals surface area contributed by atoms with E-state index in [4.69, 9.17) is 37.7 Å². The van der Waals surface area contributed by atoms with Crippen molar-refractivity contribution in [3.05, 3.63) is 51.5 Å². The van der Waals surface area contributed by atoms with Crippen molar-refractivity contribution in [2.24, 2.45) is 9.98 Å². The standard InChI is InChI=1S/C19H15Cl2N3O3S/c1-26-15-6-12-14(7-16(15)27-2)22-19(24-8-17(25)23-18(12)24)28-9-10-3-4-11(20)5-13(10)21/h3-7H,8-9H2,1-2H3. The Balaban J connectivity index is 1.71. The van der Waals surface area contributed by atoms with Gasteiger partial charge in [-0.15, -0.1) is 0 Å². The molecule has 2 aromatic carbocycles. The van der Waals surface area contributed by atoms with Crippen LogP contribution in [0.5, 0.6) is 11.5 Å². The summed E-state index contributed by atoms with van der Waals surface area (Å²) in [5.74, 6) is 2.06. The van der Waals surface area contributed by atoms with E-state index in [2.05, 4.69) is 4.99 Å². The number of rotatable bonds is 4. The number of benzene rings is 2. The molecular weight excluding hydrogens is 421 g/mol. The van der Waals surface area contributed by atoms with Gasteiger partial charge in [0.2, 0.25) is 0 Å². The number of hydrogen-bond acceptors (Lipinski definition) is 6. The molecule has 2 heterocycles. The number of hydrogen-bond donors (Lipinski definition) is 0. The molecular formula is C19H15Cl2N3O3S. The predicted octanol–water partition coefficient (Wildman–Crippen LogP) is 4.53. The van der Waals surface area contributed by atoms with Crippen molar-refractivity contribution < 1.29 is 14.3 Å². The Bertz CT molecular complexity index is 1040. The van der Waals surface area contributed by atoms with Crippen molar-refractivity contribution in [3.8, 4) is 11.5 Å². The van der Waals surface area contributed by atoms with Crippen molar-refractivity contribution in [2.75, 3.05) is 20.8 Å². The molecule has 28 heavy (non-hydrogen) atoms. The van der Waals surface area contributed by atoms with Gasteiger partial charge in [-0.2, -0.15) is 4.99 Å². The Morgan fingerprint density at radius 3 is 2.57 bits per heavy atom. The van der Waals surface area contributed by atoms with Crippen molar-refractivity contribution in [3.63, 3.8) is 0 Å². The van der Waals surface area contributed by atoms with Gasteiger partial charge < -0.3 is 9.47 Å². The molecule has 144 valence electrons. The highest BCUT2D eigenvalue weighted by atomic mass is 35.5. The number of ether oxygens (including phenoxy) is 2. The highest BCUT2D eigenvalue weighted by molar-refractivity contribution is 8.13. The van der Waals surface area contributed by atoms with Gasteiger partial charge in [-0.1, -0.05) is 41.0 Å². The average Bonchev–Trinajstić information content (AvgIpc) is 3.08. The van der Waals surface area contributed by atoms with Crippen LogP contribution in [-0.2, 0) is 10.5 Å². The molecule has 0 unspecified atom stereocenters. The summed E-state index contributed by atoms with van der Waals surface area (Å²) in [4.78, 5) is 22.8. The minimum absolute atomic E-state index is 0.156. The molecule has 0 N–H and O–H groups in total. The number of aliphatic imine (C=N–C) groups is 2. The highest BCUT2D eigenvalue weighted by Gasteiger charge is 2.34. The van der Waals surface area contributed by atoms with Crippen LogP contribution in [0.25, 0.3) is 0 Å². The lowest BCUT2D eigenvalue weighted by molar-refractivity contribution is -0.116. The summed E-state index contributed by atoms with van der Waals surface area (Å²) < 4.78 is 10.7. The second-order valence-electron chi connectivity index (χ2n) is 6.06. The first-order valence-electron chi connectivity index (χ1n) is 8.31. The molecule has 2 aromatic rings. The molecule has 0 atom stereocenters. The number of carbonyl (C=O) groups is 1. The molecule has 0 saturated heterocycles. The summed E-state index contributed by atoms with van der Waals surface area (Å²) in [5.41, 5.74) is 2.34. The van der Waals surface area contributed by atoms with Crippen molar-refractivity contribution >= 4 is 57.6 Å². The van der Waals surface area contributed by atoms with E-state index in [1.807, 2.05) is 11.0 Å². The zero-order valence-electron chi connectivity index (χ0n) is 15.0. The third kappa shape index (κ3) is 3.45. The molecule has 1 amide bonds. The lowest BCUT2D eigenvalue weighted by Crippen LogP contribution is -2.36. The maximum Gasteiger partial charge on any atom is 0.267 e. The summed E-state index contributed by atoms with van der Waals surface area (Å²) in [7, 11) is 3.13. The summed E-state index contributed by atoms with van der Waals surface area (Å²) in [6.07, 6.45) is 0. The van der Waals surface area contributed by atoms with E-state index < -0.39 is 0 Å². The fourth-order valence-electron chi connectivity index (χ4n) is 2.98. The number of fused-ring (bicyclic) bond motifs is 3. The van der Waals surface area contributed by atoms with E-state index >= 15 is 0 Å². The van der Waals surface area contributed by atoms with E-state index in [1.165, 1.54) is 11.8 Å². The van der Waals surface area contributed by atoms with E-state index in [9.17, 15) is 4.79 Å². The first-order valence-corrected chi connectivity index (χ1v) is 10.0. The van der Waals surface area contributed by atoms with Crippen LogP contribution in [0.15, 0.2) is 40.3 Å². The smallest absolute Gasteiger partial charge is 0.267 e. The van der Waals surface area contributed by atoms with Gasteiger partial charge in [0.05, 0.1) is 19.9 Å². The van der Waals surface area contributed by atoms with Crippen LogP contribution in [0.3, 0.4) is 0 Å². The number of thioether (sulfide) groups is 1. The summed E-state index contributed by atoms with van der Waals surface area (Å²) in [6, 6.07) is 8.96. The van der Waals surface area contributed by atoms with E-state index in [-0.39, 0.29) is 12.5 Å². The normalized spacial score (nSPS) is 15.0. The van der Waals surface area contributed by atoms with Gasteiger partial charge in [0, 0.05) is 27.4 Å². The van der Waals surface area contributed by atoms with Gasteiger partial charge in [-0.25, -0.2) is 4.99 Å². The lowest BCUT2D eigenvalue weighted by atomic mass is 10.1. The monoisotopic (exact) mass is 435 g/mol. The Kier molecular flexibility index (Phi) is 5.23. The summed E-state index contributed by atoms with van der Waals surface area (Å²) >= 11 is 13.7. The number of carbonyl (C=O) groups excluding carboxylic acids is 1. The first kappa shape index (κ1) is 19.1. The van der Waals surface area contributed by atoms with E-state index in [0.29, 0.717) is 44.0 Å². The van der Waals surface area contributed by atoms with Gasteiger partial charge in [0.25, 0.3) is 5.91 Å². The zero-order chi connectivity index (χ0) is 19.8. The van der Waals surface area contributed by atoms with Crippen molar-refractivity contribution in [1.82, 2.24) is 4.90 Å². The maximum absolute atomic E-state index is 12.0. The average molecular weight is 436 g/mol. The van der Waals surface area contributed by atoms with Gasteiger partial charge >= 0.3 is 0 Å². The molecule has 6 nitrogen and oxygen atoms in total. The Morgan fingerprint density at radius 2 is 1.86 bits per heavy atom. The second-order valence-corrected chi connectivity index (χ2v) is 7.84. The Labute approximate surface area is 176 Å². The fraction of sp³-hybridized carbons (Fsp3) is 0.211. The van der Waals surface area contributed by atoms with E-state index in [0.717, 1.165) is 11.1 Å². The van der Waals surface area contributed by atoms with Crippen LogP contribution < -0.4 is 9.47 Å². The first-order chi connectivity index (χ1) is 13.5. The molecule has 0 fully saturated rings. The van der Waals surface area contributed by atoms with Crippen LogP contribution >= 0.6 is 35.0 Å². The predicted molar refractivity (Wildman–Crippen MR) is 113 cm³/mol. The van der Waals surface area contributed by atoms with Gasteiger partial charge in [-0.3, -0.25) is 9.69 Å². The second kappa shape index (κ2) is 7.66. The maximum atomic E-state index is 12.0. The topological polar surface area (TPSA) is 63.5 Å². The summed E-state index contributed by atoms with van der Waals surface area (Å²) in [5, 5.41) is 1.85. The minimum Gasteiger partial charge on any atom is -0.493 e. The molecule has 0 bridgehead atoms. The third-order valence-corrected chi connectivity index (χ3v) is 5.95. The number of methoxy groups -OCH3 is 2. The molecule has 2 aliphatic rings. The number of amides is 1. The van der Waals surface area contributed by atoms with Gasteiger partial charge in [-0.05, 0) is 23.8 Å². The number of nitrogens with zero attached hydrogens (tertiary/aromatic N) is 3. The fourth-order valence-corrected chi connectivity index (χ4v) is 4.54. The van der Waals surface area contributed by atoms with Gasteiger partial charge in [0.1, 0.15) is 12.4 Å². The molecule has 0 aromatic heterocycles. The third-order valence-electron chi connectivity index (χ3n) is 4.34. The van der Waals surface area contributed by atoms with Crippen LogP contribution in [0, 0.1) is 0 Å². The van der Waals surface area contributed by atoms with Crippen molar-refractivity contribution in [2.45, 2.75) is 5.75 Å². The Morgan fingerprint density at radius 1 is 1.11 bits per heavy atom. The number of halogens is 2. The van der Waals surface area contributed by atoms with Crippen LogP contribution in [0.2, 0.25) is 10.0 Å². The van der Waals surface area contributed by atoms with Crippen LogP contribution in [0.4, 0.5) is 5.69 Å². The molecule has 0 aliphatic carbocycles. The largest absolute Gasteiger partial charge is 0.493 e. The zero-order valence-corrected chi connectivity index (χ0v) is 17.4. The number of amidine groups is 2. The molecule has 0 saturated carbocycles. The van der Waals surface area contributed by atoms with Crippen molar-refractivity contribution in [1.29, 1.82) is 0 Å². The molecule has 0 spiro atoms. The SMILES string of the molecule is COc1cc2c(cc1OC)C1=NC(=O)CN1C(SCc1ccc(Cl)cc1Cl)=N2.